The van der Waals surface area contributed by atoms with E-state index in [0.29, 0.717) is 5.75 Å². The van der Waals surface area contributed by atoms with Crippen LogP contribution in [0.2, 0.25) is 0 Å². The zero-order valence-electron chi connectivity index (χ0n) is 16.6. The number of nitrogens with zero attached hydrogens (tertiary/aromatic N) is 1. The maximum absolute atomic E-state index is 11.5. The van der Waals surface area contributed by atoms with Crippen LogP contribution in [-0.2, 0) is 21.4 Å². The van der Waals surface area contributed by atoms with Gasteiger partial charge >= 0.3 is 5.97 Å². The van der Waals surface area contributed by atoms with Crippen molar-refractivity contribution in [3.63, 3.8) is 0 Å². The summed E-state index contributed by atoms with van der Waals surface area (Å²) >= 11 is 0. The summed E-state index contributed by atoms with van der Waals surface area (Å²) in [5.41, 5.74) is 1.53. The van der Waals surface area contributed by atoms with Crippen LogP contribution in [0.25, 0.3) is 0 Å². The molecule has 2 aliphatic heterocycles. The molecule has 2 bridgehead atoms. The van der Waals surface area contributed by atoms with Gasteiger partial charge < -0.3 is 24.6 Å². The molecule has 2 aliphatic carbocycles. The Bertz CT molecular complexity index is 844. The highest BCUT2D eigenvalue weighted by molar-refractivity contribution is 5.73. The average molecular weight is 388 g/mol. The number of carboxylic acid groups (broad SMARTS) is 1. The Morgan fingerprint density at radius 3 is 2.93 bits per heavy atom. The quantitative estimate of drug-likeness (QED) is 0.715. The van der Waals surface area contributed by atoms with Gasteiger partial charge in [-0.1, -0.05) is 6.07 Å². The lowest BCUT2D eigenvalue weighted by Crippen LogP contribution is -2.78. The van der Waals surface area contributed by atoms with Gasteiger partial charge in [0.25, 0.3) is 0 Å². The first kappa shape index (κ1) is 18.2. The zero-order valence-corrected chi connectivity index (χ0v) is 16.6. The molecule has 0 radical (unpaired) electrons. The Balaban J connectivity index is 1.70. The van der Waals surface area contributed by atoms with Crippen LogP contribution in [0.1, 0.15) is 37.3 Å². The third-order valence-corrected chi connectivity index (χ3v) is 7.89. The number of phenols is 1. The number of benzene rings is 1. The van der Waals surface area contributed by atoms with Gasteiger partial charge in [0, 0.05) is 24.8 Å². The molecule has 0 aromatic heterocycles. The molecule has 1 aromatic carbocycles. The molecule has 7 nitrogen and oxygen atoms in total. The Hall–Kier alpha value is -1.83. The van der Waals surface area contributed by atoms with Crippen LogP contribution in [-0.4, -0.2) is 71.6 Å². The zero-order chi connectivity index (χ0) is 19.8. The van der Waals surface area contributed by atoms with Gasteiger partial charge in [0.2, 0.25) is 0 Å². The van der Waals surface area contributed by atoms with Crippen molar-refractivity contribution in [1.29, 1.82) is 0 Å². The number of phenolic OH excluding ortho intramolecular Hbond substituents is 1. The van der Waals surface area contributed by atoms with Gasteiger partial charge in [-0.15, -0.1) is 0 Å². The average Bonchev–Trinajstić information content (AvgIpc) is 3.03. The lowest BCUT2D eigenvalue weighted by atomic mass is 9.48. The summed E-state index contributed by atoms with van der Waals surface area (Å²) in [4.78, 5) is 13.9. The number of ether oxygens (including phenoxy) is 2. The number of piperidine rings is 1. The van der Waals surface area contributed by atoms with Gasteiger partial charge in [-0.05, 0) is 57.8 Å². The van der Waals surface area contributed by atoms with Crippen LogP contribution in [0.15, 0.2) is 12.1 Å². The Kier molecular flexibility index (Phi) is 3.80. The van der Waals surface area contributed by atoms with Gasteiger partial charge in [0.15, 0.2) is 11.5 Å². The summed E-state index contributed by atoms with van der Waals surface area (Å²) in [5.74, 6) is -0.136. The molecular formula is C21H28N2O5. The maximum Gasteiger partial charge on any atom is 0.320 e. The normalized spacial score (nSPS) is 39.2. The van der Waals surface area contributed by atoms with Gasteiger partial charge in [-0.3, -0.25) is 10.1 Å². The molecule has 1 saturated carbocycles. The Labute approximate surface area is 164 Å². The van der Waals surface area contributed by atoms with Crippen molar-refractivity contribution < 1.29 is 24.5 Å². The number of likely N-dealkylation sites (N-methyl/N-ethyl adjacent to an activating group) is 1. The van der Waals surface area contributed by atoms with E-state index in [4.69, 9.17) is 9.47 Å². The first-order chi connectivity index (χ1) is 13.4. The SMILES string of the molecule is CO[C@@]12CC[C@H](N[C@H](C)C(=O)O)[C@@H]3Oc4c(O)ccc5c4[C@@]31CCN(C)[C@@H]2C5. The number of hydrogen-bond donors (Lipinski definition) is 3. The van der Waals surface area contributed by atoms with E-state index in [0.717, 1.165) is 37.8 Å². The van der Waals surface area contributed by atoms with Gasteiger partial charge in [-0.25, -0.2) is 0 Å². The van der Waals surface area contributed by atoms with E-state index in [-0.39, 0.29) is 29.4 Å². The highest BCUT2D eigenvalue weighted by Crippen LogP contribution is 2.66. The van der Waals surface area contributed by atoms with E-state index >= 15 is 0 Å². The summed E-state index contributed by atoms with van der Waals surface area (Å²) in [7, 11) is 3.96. The molecule has 7 heteroatoms. The molecule has 1 spiro atoms. The largest absolute Gasteiger partial charge is 0.504 e. The van der Waals surface area contributed by atoms with Crippen LogP contribution < -0.4 is 10.1 Å². The van der Waals surface area contributed by atoms with Crippen molar-refractivity contribution in [3.8, 4) is 11.5 Å². The number of methoxy groups -OCH3 is 1. The predicted molar refractivity (Wildman–Crippen MR) is 102 cm³/mol. The topological polar surface area (TPSA) is 91.3 Å². The Morgan fingerprint density at radius 2 is 2.21 bits per heavy atom. The minimum atomic E-state index is -0.870. The lowest BCUT2D eigenvalue weighted by molar-refractivity contribution is -0.204. The number of nitrogens with one attached hydrogen (secondary N) is 1. The molecule has 2 fully saturated rings. The number of likely N-dealkylation sites (tertiary alicyclic amines) is 1. The monoisotopic (exact) mass is 388 g/mol. The van der Waals surface area contributed by atoms with Crippen molar-refractivity contribution in [2.45, 2.75) is 67.9 Å². The third-order valence-electron chi connectivity index (χ3n) is 7.89. The van der Waals surface area contributed by atoms with Crippen molar-refractivity contribution in [2.75, 3.05) is 20.7 Å². The lowest BCUT2D eigenvalue weighted by Gasteiger charge is -2.65. The number of hydrogen-bond acceptors (Lipinski definition) is 6. The van der Waals surface area contributed by atoms with Crippen molar-refractivity contribution >= 4 is 5.97 Å². The van der Waals surface area contributed by atoms with Gasteiger partial charge in [0.05, 0.1) is 11.0 Å². The number of carbonyl (C=O) groups is 1. The Morgan fingerprint density at radius 1 is 1.43 bits per heavy atom. The van der Waals surface area contributed by atoms with Crippen LogP contribution >= 0.6 is 0 Å². The van der Waals surface area contributed by atoms with Crippen molar-refractivity contribution in [1.82, 2.24) is 10.2 Å². The van der Waals surface area contributed by atoms with Gasteiger partial charge in [-0.2, -0.15) is 0 Å². The van der Waals surface area contributed by atoms with E-state index in [1.807, 2.05) is 6.07 Å². The fourth-order valence-corrected chi connectivity index (χ4v) is 6.70. The summed E-state index contributed by atoms with van der Waals surface area (Å²) < 4.78 is 12.8. The minimum Gasteiger partial charge on any atom is -0.504 e. The van der Waals surface area contributed by atoms with E-state index in [1.165, 1.54) is 5.56 Å². The second kappa shape index (κ2) is 5.84. The third kappa shape index (κ3) is 1.97. The minimum absolute atomic E-state index is 0.115. The summed E-state index contributed by atoms with van der Waals surface area (Å²) in [6, 6.07) is 3.20. The molecule has 0 amide bonds. The smallest absolute Gasteiger partial charge is 0.320 e. The number of rotatable bonds is 4. The standard InChI is InChI=1S/C21H28N2O5/c1-11(19(25)26)22-13-6-7-21(27-3)15-10-12-4-5-14(24)17-16(12)20(21,18(13)28-17)8-9-23(15)2/h4-5,11,13,15,18,22,24H,6-10H2,1-3H3,(H,25,26)/t11-,13+,15-,18+,20+,21-/m1/s1. The first-order valence-corrected chi connectivity index (χ1v) is 10.1. The van der Waals surface area contributed by atoms with Gasteiger partial charge in [0.1, 0.15) is 12.1 Å². The van der Waals surface area contributed by atoms with Crippen LogP contribution in [0.4, 0.5) is 0 Å². The molecular weight excluding hydrogens is 360 g/mol. The second-order valence-electron chi connectivity index (χ2n) is 8.87. The molecule has 1 saturated heterocycles. The molecule has 4 aliphatic rings. The molecule has 152 valence electrons. The highest BCUT2D eigenvalue weighted by atomic mass is 16.5. The summed E-state index contributed by atoms with van der Waals surface area (Å²) in [5, 5.41) is 23.3. The molecule has 3 N–H and O–H groups in total. The molecule has 0 unspecified atom stereocenters. The molecule has 1 aromatic rings. The fraction of sp³-hybridized carbons (Fsp3) is 0.667. The summed E-state index contributed by atoms with van der Waals surface area (Å²) in [6.07, 6.45) is 3.07. The molecule has 28 heavy (non-hydrogen) atoms. The van der Waals surface area contributed by atoms with Crippen LogP contribution in [0.5, 0.6) is 11.5 Å². The fourth-order valence-electron chi connectivity index (χ4n) is 6.70. The highest BCUT2D eigenvalue weighted by Gasteiger charge is 2.73. The predicted octanol–water partition coefficient (Wildman–Crippen LogP) is 1.26. The summed E-state index contributed by atoms with van der Waals surface area (Å²) in [6.45, 7) is 2.59. The molecule has 2 heterocycles. The van der Waals surface area contributed by atoms with E-state index in [9.17, 15) is 15.0 Å². The first-order valence-electron chi connectivity index (χ1n) is 10.1. The van der Waals surface area contributed by atoms with Crippen molar-refractivity contribution in [2.24, 2.45) is 0 Å². The van der Waals surface area contributed by atoms with E-state index < -0.39 is 17.6 Å². The van der Waals surface area contributed by atoms with Crippen LogP contribution in [0, 0.1) is 0 Å². The van der Waals surface area contributed by atoms with E-state index in [1.54, 1.807) is 20.1 Å². The number of carboxylic acids is 1. The molecule has 5 rings (SSSR count). The van der Waals surface area contributed by atoms with E-state index in [2.05, 4.69) is 17.3 Å². The number of aliphatic carboxylic acids is 1. The van der Waals surface area contributed by atoms with Crippen molar-refractivity contribution in [3.05, 3.63) is 23.3 Å². The maximum atomic E-state index is 11.5. The molecule has 6 atom stereocenters. The second-order valence-corrected chi connectivity index (χ2v) is 8.87. The number of aromatic hydroxyl groups is 1. The van der Waals surface area contributed by atoms with Crippen LogP contribution in [0.3, 0.4) is 0 Å².